The zero-order valence-corrected chi connectivity index (χ0v) is 7.38. The smallest absolute Gasteiger partial charge is 0.267 e. The van der Waals surface area contributed by atoms with E-state index in [0.29, 0.717) is 13.0 Å². The van der Waals surface area contributed by atoms with Gasteiger partial charge in [0, 0.05) is 12.5 Å². The van der Waals surface area contributed by atoms with Gasteiger partial charge in [0.1, 0.15) is 6.07 Å². The van der Waals surface area contributed by atoms with Crippen LogP contribution in [0, 0.1) is 11.3 Å². The van der Waals surface area contributed by atoms with Crippen molar-refractivity contribution < 1.29 is 9.53 Å². The topological polar surface area (TPSA) is 62.1 Å². The number of amides is 1. The van der Waals surface area contributed by atoms with Gasteiger partial charge in [-0.05, 0) is 19.3 Å². The van der Waals surface area contributed by atoms with Crippen LogP contribution in [0.15, 0.2) is 0 Å². The molecule has 0 unspecified atom stereocenters. The molecule has 1 aliphatic carbocycles. The Hall–Kier alpha value is -1.08. The number of hydrogen-bond acceptors (Lipinski definition) is 3. The molecule has 1 N–H and O–H groups in total. The van der Waals surface area contributed by atoms with E-state index >= 15 is 0 Å². The van der Waals surface area contributed by atoms with Crippen LogP contribution >= 0.6 is 0 Å². The highest BCUT2D eigenvalue weighted by atomic mass is 16.5. The highest BCUT2D eigenvalue weighted by Gasteiger charge is 2.47. The molecule has 2 aliphatic rings. The summed E-state index contributed by atoms with van der Waals surface area (Å²) in [7, 11) is 0. The lowest BCUT2D eigenvalue weighted by Crippen LogP contribution is -2.57. The third-order valence-electron chi connectivity index (χ3n) is 2.79. The highest BCUT2D eigenvalue weighted by molar-refractivity contribution is 5.89. The largest absolute Gasteiger partial charge is 0.352 e. The molecule has 0 aromatic rings. The Morgan fingerprint density at radius 3 is 2.62 bits per heavy atom. The second-order valence-corrected chi connectivity index (χ2v) is 3.64. The third-order valence-corrected chi connectivity index (χ3v) is 2.79. The minimum absolute atomic E-state index is 0.244. The number of nitrogens with zero attached hydrogens (tertiary/aromatic N) is 1. The van der Waals surface area contributed by atoms with Gasteiger partial charge in [0.25, 0.3) is 5.91 Å². The van der Waals surface area contributed by atoms with Crippen LogP contribution in [0.4, 0.5) is 0 Å². The Labute approximate surface area is 76.9 Å². The van der Waals surface area contributed by atoms with Gasteiger partial charge in [-0.25, -0.2) is 0 Å². The molecule has 1 heterocycles. The summed E-state index contributed by atoms with van der Waals surface area (Å²) < 4.78 is 5.03. The molecule has 1 amide bonds. The lowest BCUT2D eigenvalue weighted by atomic mass is 9.90. The van der Waals surface area contributed by atoms with Gasteiger partial charge in [0.05, 0.1) is 6.61 Å². The van der Waals surface area contributed by atoms with Crippen LogP contribution in [0.5, 0.6) is 0 Å². The Morgan fingerprint density at radius 2 is 2.31 bits per heavy atom. The number of hydrogen-bond donors (Lipinski definition) is 1. The molecule has 1 aliphatic heterocycles. The number of nitriles is 1. The number of carbonyl (C=O) groups excluding carboxylic acids is 1. The zero-order chi connectivity index (χ0) is 9.31. The summed E-state index contributed by atoms with van der Waals surface area (Å²) in [5, 5.41) is 11.6. The van der Waals surface area contributed by atoms with Gasteiger partial charge in [0.15, 0.2) is 0 Å². The maximum absolute atomic E-state index is 11.5. The number of rotatable bonds is 2. The molecule has 0 aromatic carbocycles. The minimum Gasteiger partial charge on any atom is -0.352 e. The maximum Gasteiger partial charge on any atom is 0.267 e. The molecule has 0 radical (unpaired) electrons. The van der Waals surface area contributed by atoms with Gasteiger partial charge in [0.2, 0.25) is 5.60 Å². The summed E-state index contributed by atoms with van der Waals surface area (Å²) in [6.45, 7) is 0.519. The lowest BCUT2D eigenvalue weighted by molar-refractivity contribution is -0.161. The Kier molecular flexibility index (Phi) is 1.97. The molecule has 70 valence electrons. The van der Waals surface area contributed by atoms with Gasteiger partial charge in [-0.3, -0.25) is 4.79 Å². The molecule has 1 saturated carbocycles. The molecule has 1 saturated heterocycles. The molecule has 4 nitrogen and oxygen atoms in total. The molecule has 4 heteroatoms. The fraction of sp³-hybridized carbons (Fsp3) is 0.778. The lowest BCUT2D eigenvalue weighted by Gasteiger charge is -2.36. The van der Waals surface area contributed by atoms with Crippen molar-refractivity contribution in [3.8, 4) is 6.07 Å². The Morgan fingerprint density at radius 1 is 1.62 bits per heavy atom. The molecule has 13 heavy (non-hydrogen) atoms. The average Bonchev–Trinajstić information content (AvgIpc) is 1.96. The van der Waals surface area contributed by atoms with E-state index in [1.807, 2.05) is 6.07 Å². The van der Waals surface area contributed by atoms with Crippen LogP contribution in [-0.4, -0.2) is 24.2 Å². The molecular formula is C9H12N2O2. The highest BCUT2D eigenvalue weighted by Crippen LogP contribution is 2.27. The maximum atomic E-state index is 11.5. The minimum atomic E-state index is -1.16. The van der Waals surface area contributed by atoms with E-state index in [-0.39, 0.29) is 11.9 Å². The second kappa shape index (κ2) is 3.00. The summed E-state index contributed by atoms with van der Waals surface area (Å²) in [6.07, 6.45) is 3.77. The van der Waals surface area contributed by atoms with E-state index < -0.39 is 5.60 Å². The van der Waals surface area contributed by atoms with Gasteiger partial charge in [-0.15, -0.1) is 0 Å². The van der Waals surface area contributed by atoms with Crippen molar-refractivity contribution in [3.63, 3.8) is 0 Å². The van der Waals surface area contributed by atoms with E-state index in [4.69, 9.17) is 10.00 Å². The van der Waals surface area contributed by atoms with Crippen molar-refractivity contribution in [2.45, 2.75) is 37.3 Å². The average molecular weight is 180 g/mol. The van der Waals surface area contributed by atoms with Gasteiger partial charge >= 0.3 is 0 Å². The van der Waals surface area contributed by atoms with E-state index in [1.54, 1.807) is 0 Å². The quantitative estimate of drug-likeness (QED) is 0.666. The van der Waals surface area contributed by atoms with E-state index in [9.17, 15) is 4.79 Å². The van der Waals surface area contributed by atoms with Crippen LogP contribution in [0.1, 0.15) is 25.7 Å². The molecule has 0 aromatic heterocycles. The third kappa shape index (κ3) is 1.29. The molecule has 1 atom stereocenters. The van der Waals surface area contributed by atoms with Gasteiger partial charge < -0.3 is 10.1 Å². The van der Waals surface area contributed by atoms with Crippen molar-refractivity contribution >= 4 is 5.91 Å². The first kappa shape index (κ1) is 8.52. The van der Waals surface area contributed by atoms with Crippen LogP contribution < -0.4 is 5.32 Å². The van der Waals surface area contributed by atoms with Crippen LogP contribution in [0.3, 0.4) is 0 Å². The first-order valence-corrected chi connectivity index (χ1v) is 4.63. The van der Waals surface area contributed by atoms with Crippen LogP contribution in [-0.2, 0) is 9.53 Å². The number of carbonyl (C=O) groups is 1. The molecule has 2 rings (SSSR count). The van der Waals surface area contributed by atoms with Crippen molar-refractivity contribution in [1.29, 1.82) is 5.26 Å². The van der Waals surface area contributed by atoms with Crippen LogP contribution in [0.2, 0.25) is 0 Å². The summed E-state index contributed by atoms with van der Waals surface area (Å²) >= 11 is 0. The van der Waals surface area contributed by atoms with Crippen molar-refractivity contribution in [2.24, 2.45) is 0 Å². The van der Waals surface area contributed by atoms with E-state index in [0.717, 1.165) is 12.8 Å². The fourth-order valence-electron chi connectivity index (χ4n) is 1.48. The SMILES string of the molecule is N#C[C@@]1(C(=O)NC2CCC2)CCO1. The summed E-state index contributed by atoms with van der Waals surface area (Å²) in [5.74, 6) is -0.244. The van der Waals surface area contributed by atoms with Crippen molar-refractivity contribution in [1.82, 2.24) is 5.32 Å². The van der Waals surface area contributed by atoms with Crippen molar-refractivity contribution in [3.05, 3.63) is 0 Å². The predicted octanol–water partition coefficient (Wildman–Crippen LogP) is 0.338. The van der Waals surface area contributed by atoms with E-state index in [1.165, 1.54) is 6.42 Å². The number of nitrogens with one attached hydrogen (secondary N) is 1. The monoisotopic (exact) mass is 180 g/mol. The first-order valence-electron chi connectivity index (χ1n) is 4.63. The first-order chi connectivity index (χ1) is 6.27. The normalized spacial score (nSPS) is 32.5. The van der Waals surface area contributed by atoms with Crippen LogP contribution in [0.25, 0.3) is 0 Å². The van der Waals surface area contributed by atoms with E-state index in [2.05, 4.69) is 5.32 Å². The molecule has 2 fully saturated rings. The summed E-state index contributed by atoms with van der Waals surface area (Å²) in [5.41, 5.74) is -1.16. The fourth-order valence-corrected chi connectivity index (χ4v) is 1.48. The standard InChI is InChI=1S/C9H12N2O2/c10-6-9(4-5-13-9)8(12)11-7-2-1-3-7/h7H,1-5H2,(H,11,12)/t9-/m1/s1. The molecule has 0 bridgehead atoms. The Bertz CT molecular complexity index is 261. The number of ether oxygens (including phenoxy) is 1. The van der Waals surface area contributed by atoms with Gasteiger partial charge in [-0.1, -0.05) is 0 Å². The summed E-state index contributed by atoms with van der Waals surface area (Å²) in [6, 6.07) is 2.21. The van der Waals surface area contributed by atoms with Crippen molar-refractivity contribution in [2.75, 3.05) is 6.61 Å². The zero-order valence-electron chi connectivity index (χ0n) is 7.38. The second-order valence-electron chi connectivity index (χ2n) is 3.64. The molecular weight excluding hydrogens is 168 g/mol. The van der Waals surface area contributed by atoms with Gasteiger partial charge in [-0.2, -0.15) is 5.26 Å². The molecule has 0 spiro atoms. The predicted molar refractivity (Wildman–Crippen MR) is 44.7 cm³/mol. The Balaban J connectivity index is 1.91. The summed E-state index contributed by atoms with van der Waals surface area (Å²) in [4.78, 5) is 11.5.